The first-order valence-electron chi connectivity index (χ1n) is 6.47. The molecule has 0 radical (unpaired) electrons. The quantitative estimate of drug-likeness (QED) is 0.848. The highest BCUT2D eigenvalue weighted by Crippen LogP contribution is 2.26. The van der Waals surface area contributed by atoms with Crippen LogP contribution in [0.25, 0.3) is 5.82 Å². The monoisotopic (exact) mass is 260 g/mol. The van der Waals surface area contributed by atoms with Crippen molar-refractivity contribution in [2.75, 3.05) is 0 Å². The van der Waals surface area contributed by atoms with E-state index in [1.54, 1.807) is 12.5 Å². The van der Waals surface area contributed by atoms with Gasteiger partial charge in [0, 0.05) is 18.5 Å². The molecular formula is C14H20N4O. The Balaban J connectivity index is 2.20. The number of rotatable bonds is 4. The summed E-state index contributed by atoms with van der Waals surface area (Å²) >= 11 is 0. The van der Waals surface area contributed by atoms with Gasteiger partial charge in [-0.1, -0.05) is 27.7 Å². The van der Waals surface area contributed by atoms with Crippen molar-refractivity contribution in [3.8, 4) is 11.7 Å². The summed E-state index contributed by atoms with van der Waals surface area (Å²) in [6, 6.07) is 1.83. The predicted molar refractivity (Wildman–Crippen MR) is 73.3 cm³/mol. The second-order valence-electron chi connectivity index (χ2n) is 5.57. The Morgan fingerprint density at radius 2 is 2.11 bits per heavy atom. The molecule has 2 rings (SSSR count). The number of ether oxygens (including phenoxy) is 1. The lowest BCUT2D eigenvalue weighted by Crippen LogP contribution is -2.31. The predicted octanol–water partition coefficient (Wildman–Crippen LogP) is 2.87. The van der Waals surface area contributed by atoms with Crippen molar-refractivity contribution in [2.45, 2.75) is 40.2 Å². The van der Waals surface area contributed by atoms with Crippen LogP contribution in [-0.2, 0) is 0 Å². The van der Waals surface area contributed by atoms with Crippen LogP contribution in [0.4, 0.5) is 0 Å². The molecule has 0 aliphatic rings. The fourth-order valence-corrected chi connectivity index (χ4v) is 1.95. The summed E-state index contributed by atoms with van der Waals surface area (Å²) < 4.78 is 7.81. The summed E-state index contributed by atoms with van der Waals surface area (Å²) in [5, 5.41) is 0. The van der Waals surface area contributed by atoms with Gasteiger partial charge in [-0.25, -0.2) is 15.0 Å². The van der Waals surface area contributed by atoms with Gasteiger partial charge in [0.15, 0.2) is 0 Å². The Labute approximate surface area is 113 Å². The summed E-state index contributed by atoms with van der Waals surface area (Å²) in [6.45, 7) is 8.62. The van der Waals surface area contributed by atoms with Crippen LogP contribution in [0.1, 0.15) is 34.1 Å². The molecule has 0 aliphatic carbocycles. The fourth-order valence-electron chi connectivity index (χ4n) is 1.95. The zero-order chi connectivity index (χ0) is 13.9. The van der Waals surface area contributed by atoms with Crippen LogP contribution in [-0.4, -0.2) is 25.6 Å². The highest BCUT2D eigenvalue weighted by molar-refractivity contribution is 5.26. The number of imidazole rings is 1. The van der Waals surface area contributed by atoms with Crippen LogP contribution in [0.5, 0.6) is 5.88 Å². The molecule has 0 amide bonds. The highest BCUT2D eigenvalue weighted by Gasteiger charge is 2.25. The van der Waals surface area contributed by atoms with Crippen LogP contribution in [0.3, 0.4) is 0 Å². The van der Waals surface area contributed by atoms with E-state index in [1.807, 2.05) is 16.8 Å². The maximum absolute atomic E-state index is 5.98. The van der Waals surface area contributed by atoms with E-state index >= 15 is 0 Å². The molecule has 0 saturated heterocycles. The maximum atomic E-state index is 5.98. The minimum Gasteiger partial charge on any atom is -0.474 e. The van der Waals surface area contributed by atoms with Crippen molar-refractivity contribution in [1.29, 1.82) is 0 Å². The Bertz CT molecular complexity index is 516. The molecule has 0 bridgehead atoms. The SMILES string of the molecule is CCC(Oc1cc(-n2ccnc2)ncn1)C(C)(C)C. The van der Waals surface area contributed by atoms with E-state index in [0.717, 1.165) is 12.2 Å². The molecule has 2 heterocycles. The van der Waals surface area contributed by atoms with Gasteiger partial charge in [-0.15, -0.1) is 0 Å². The Hall–Kier alpha value is -1.91. The molecule has 102 valence electrons. The van der Waals surface area contributed by atoms with Gasteiger partial charge in [0.25, 0.3) is 0 Å². The fraction of sp³-hybridized carbons (Fsp3) is 0.500. The molecule has 0 aliphatic heterocycles. The average molecular weight is 260 g/mol. The number of hydrogen-bond acceptors (Lipinski definition) is 4. The topological polar surface area (TPSA) is 52.8 Å². The molecule has 5 heteroatoms. The normalized spacial score (nSPS) is 13.3. The summed E-state index contributed by atoms with van der Waals surface area (Å²) in [7, 11) is 0. The minimum absolute atomic E-state index is 0.0782. The van der Waals surface area contributed by atoms with Gasteiger partial charge in [0.05, 0.1) is 0 Å². The third-order valence-corrected chi connectivity index (χ3v) is 3.00. The zero-order valence-corrected chi connectivity index (χ0v) is 11.9. The van der Waals surface area contributed by atoms with E-state index in [2.05, 4.69) is 42.6 Å². The van der Waals surface area contributed by atoms with E-state index < -0.39 is 0 Å². The number of aromatic nitrogens is 4. The van der Waals surface area contributed by atoms with Crippen molar-refractivity contribution < 1.29 is 4.74 Å². The van der Waals surface area contributed by atoms with Crippen molar-refractivity contribution in [2.24, 2.45) is 5.41 Å². The van der Waals surface area contributed by atoms with Crippen LogP contribution >= 0.6 is 0 Å². The molecule has 5 nitrogen and oxygen atoms in total. The van der Waals surface area contributed by atoms with Crippen molar-refractivity contribution in [3.63, 3.8) is 0 Å². The summed E-state index contributed by atoms with van der Waals surface area (Å²) in [4.78, 5) is 12.4. The Kier molecular flexibility index (Phi) is 3.83. The van der Waals surface area contributed by atoms with Crippen LogP contribution in [0.15, 0.2) is 31.1 Å². The van der Waals surface area contributed by atoms with Crippen LogP contribution < -0.4 is 4.74 Å². The third kappa shape index (κ3) is 3.30. The summed E-state index contributed by atoms with van der Waals surface area (Å²) in [5.41, 5.74) is 0.0782. The highest BCUT2D eigenvalue weighted by atomic mass is 16.5. The molecular weight excluding hydrogens is 240 g/mol. The zero-order valence-electron chi connectivity index (χ0n) is 11.9. The van der Waals surface area contributed by atoms with Crippen LogP contribution in [0.2, 0.25) is 0 Å². The average Bonchev–Trinajstić information content (AvgIpc) is 2.88. The van der Waals surface area contributed by atoms with Crippen LogP contribution in [0, 0.1) is 5.41 Å². The lowest BCUT2D eigenvalue weighted by atomic mass is 9.87. The van der Waals surface area contributed by atoms with Gasteiger partial charge in [-0.2, -0.15) is 0 Å². The van der Waals surface area contributed by atoms with E-state index in [0.29, 0.717) is 5.88 Å². The molecule has 0 aromatic carbocycles. The molecule has 1 unspecified atom stereocenters. The smallest absolute Gasteiger partial charge is 0.218 e. The molecule has 0 fully saturated rings. The molecule has 1 atom stereocenters. The first-order chi connectivity index (χ1) is 9.00. The molecule has 0 spiro atoms. The first kappa shape index (κ1) is 13.5. The number of hydrogen-bond donors (Lipinski definition) is 0. The van der Waals surface area contributed by atoms with E-state index in [9.17, 15) is 0 Å². The van der Waals surface area contributed by atoms with Crippen molar-refractivity contribution >= 4 is 0 Å². The molecule has 19 heavy (non-hydrogen) atoms. The van der Waals surface area contributed by atoms with E-state index in [4.69, 9.17) is 4.74 Å². The van der Waals surface area contributed by atoms with Gasteiger partial charge in [0.2, 0.25) is 5.88 Å². The van der Waals surface area contributed by atoms with Crippen molar-refractivity contribution in [1.82, 2.24) is 19.5 Å². The minimum atomic E-state index is 0.0782. The Morgan fingerprint density at radius 3 is 2.68 bits per heavy atom. The van der Waals surface area contributed by atoms with E-state index in [1.165, 1.54) is 6.33 Å². The largest absolute Gasteiger partial charge is 0.474 e. The van der Waals surface area contributed by atoms with Crippen molar-refractivity contribution in [3.05, 3.63) is 31.1 Å². The molecule has 2 aromatic heterocycles. The van der Waals surface area contributed by atoms with Gasteiger partial charge in [-0.05, 0) is 11.8 Å². The second kappa shape index (κ2) is 5.38. The standard InChI is InChI=1S/C14H20N4O/c1-5-11(14(2,3)4)19-13-8-12(16-9-17-13)18-7-6-15-10-18/h6-11H,5H2,1-4H3. The molecule has 2 aromatic rings. The van der Waals surface area contributed by atoms with Gasteiger partial charge in [-0.3, -0.25) is 4.57 Å². The Morgan fingerprint density at radius 1 is 1.32 bits per heavy atom. The van der Waals surface area contributed by atoms with Gasteiger partial charge < -0.3 is 4.74 Å². The lowest BCUT2D eigenvalue weighted by molar-refractivity contribution is 0.0786. The first-order valence-corrected chi connectivity index (χ1v) is 6.47. The van der Waals surface area contributed by atoms with Gasteiger partial charge >= 0.3 is 0 Å². The third-order valence-electron chi connectivity index (χ3n) is 3.00. The lowest BCUT2D eigenvalue weighted by Gasteiger charge is -2.29. The summed E-state index contributed by atoms with van der Waals surface area (Å²) in [6.07, 6.45) is 7.83. The second-order valence-corrected chi connectivity index (χ2v) is 5.57. The molecule has 0 N–H and O–H groups in total. The van der Waals surface area contributed by atoms with E-state index in [-0.39, 0.29) is 11.5 Å². The number of nitrogens with zero attached hydrogens (tertiary/aromatic N) is 4. The van der Waals surface area contributed by atoms with Gasteiger partial charge in [0.1, 0.15) is 24.6 Å². The summed E-state index contributed by atoms with van der Waals surface area (Å²) in [5.74, 6) is 1.35. The maximum Gasteiger partial charge on any atom is 0.218 e. The molecule has 0 saturated carbocycles.